The Hall–Kier alpha value is -4.40. The van der Waals surface area contributed by atoms with Crippen molar-refractivity contribution in [3.8, 4) is 22.8 Å². The van der Waals surface area contributed by atoms with Crippen LogP contribution in [0.5, 0.6) is 0 Å². The normalized spacial score (nSPS) is 14.3. The van der Waals surface area contributed by atoms with Crippen LogP contribution < -0.4 is 5.32 Å². The van der Waals surface area contributed by atoms with Gasteiger partial charge in [-0.15, -0.1) is 0 Å². The van der Waals surface area contributed by atoms with Crippen LogP contribution in [0.15, 0.2) is 71.7 Å². The Balaban J connectivity index is 1.38. The first kappa shape index (κ1) is 20.5. The largest absolute Gasteiger partial charge is 0.355 e. The highest BCUT2D eigenvalue weighted by molar-refractivity contribution is 6.20. The summed E-state index contributed by atoms with van der Waals surface area (Å²) in [5, 5.41) is 7.43. The average Bonchev–Trinajstić information content (AvgIpc) is 3.47. The molecule has 0 aliphatic carbocycles. The van der Waals surface area contributed by atoms with Crippen LogP contribution in [-0.4, -0.2) is 49.5 Å². The molecule has 1 atom stereocenters. The highest BCUT2D eigenvalue weighted by Crippen LogP contribution is 2.27. The number of pyridine rings is 2. The van der Waals surface area contributed by atoms with E-state index in [1.807, 2.05) is 43.3 Å². The molecule has 0 radical (unpaired) electrons. The van der Waals surface area contributed by atoms with Crippen LogP contribution in [0.2, 0.25) is 0 Å². The van der Waals surface area contributed by atoms with Gasteiger partial charge in [-0.3, -0.25) is 9.78 Å². The third-order valence-electron chi connectivity index (χ3n) is 5.40. The fourth-order valence-electron chi connectivity index (χ4n) is 3.55. The molecule has 4 aromatic rings. The van der Waals surface area contributed by atoms with Gasteiger partial charge in [0.25, 0.3) is 5.91 Å². The first-order valence-electron chi connectivity index (χ1n) is 10.5. The zero-order valence-corrected chi connectivity index (χ0v) is 18.1. The number of anilines is 1. The summed E-state index contributed by atoms with van der Waals surface area (Å²) in [7, 11) is 1.75. The molecule has 0 saturated carbocycles. The number of nitrogens with one attached hydrogen (secondary N) is 1. The molecule has 1 N–H and O–H groups in total. The maximum atomic E-state index is 12.2. The first-order chi connectivity index (χ1) is 16.1. The van der Waals surface area contributed by atoms with Gasteiger partial charge < -0.3 is 14.7 Å². The highest BCUT2D eigenvalue weighted by Gasteiger charge is 2.25. The van der Waals surface area contributed by atoms with E-state index in [0.717, 1.165) is 5.56 Å². The Bertz CT molecular complexity index is 1330. The van der Waals surface area contributed by atoms with E-state index in [1.54, 1.807) is 42.7 Å². The molecular weight excluding hydrogens is 418 g/mol. The Labute approximate surface area is 190 Å². The third-order valence-corrected chi connectivity index (χ3v) is 5.40. The standard InChI is InChI=1S/C24H21N7O2/c1-15(16-6-10-25-11-7-16)27-24-26-12-8-20(29-24)18-4-3-5-19(28-18)21-14-22(33-30-21)17-9-13-31(2)23(17)32/h3-12,14-15H,13H2,1-2H3,(H,26,27,29). The van der Waals surface area contributed by atoms with Crippen molar-refractivity contribution in [3.05, 3.63) is 78.5 Å². The summed E-state index contributed by atoms with van der Waals surface area (Å²) in [6.07, 6.45) is 7.04. The topological polar surface area (TPSA) is 110 Å². The molecule has 1 unspecified atom stereocenters. The van der Waals surface area contributed by atoms with Crippen molar-refractivity contribution < 1.29 is 9.32 Å². The SMILES string of the molecule is CC(Nc1nccc(-c2cccc(-c3cc(C4=CCN(C)C4=O)on3)n2)n1)c1ccncc1. The number of amides is 1. The van der Waals surface area contributed by atoms with Gasteiger partial charge in [-0.25, -0.2) is 15.0 Å². The Morgan fingerprint density at radius 1 is 1.00 bits per heavy atom. The summed E-state index contributed by atoms with van der Waals surface area (Å²) in [4.78, 5) is 31.6. The molecule has 9 heteroatoms. The molecule has 5 heterocycles. The summed E-state index contributed by atoms with van der Waals surface area (Å²) < 4.78 is 5.43. The molecule has 4 aromatic heterocycles. The maximum absolute atomic E-state index is 12.2. The van der Waals surface area contributed by atoms with Crippen LogP contribution in [0.25, 0.3) is 28.3 Å². The fraction of sp³-hybridized carbons (Fsp3) is 0.167. The molecule has 9 nitrogen and oxygen atoms in total. The quantitative estimate of drug-likeness (QED) is 0.485. The van der Waals surface area contributed by atoms with E-state index in [0.29, 0.717) is 46.6 Å². The van der Waals surface area contributed by atoms with Gasteiger partial charge in [0, 0.05) is 38.2 Å². The minimum atomic E-state index is -0.0820. The van der Waals surface area contributed by atoms with Crippen LogP contribution in [0.1, 0.15) is 24.3 Å². The first-order valence-corrected chi connectivity index (χ1v) is 10.5. The zero-order chi connectivity index (χ0) is 22.8. The molecule has 1 amide bonds. The van der Waals surface area contributed by atoms with E-state index in [9.17, 15) is 4.79 Å². The highest BCUT2D eigenvalue weighted by atomic mass is 16.5. The Kier molecular flexibility index (Phi) is 5.35. The smallest absolute Gasteiger partial charge is 0.257 e. The number of rotatable bonds is 6. The van der Waals surface area contributed by atoms with Crippen LogP contribution >= 0.6 is 0 Å². The molecule has 0 aromatic carbocycles. The lowest BCUT2D eigenvalue weighted by molar-refractivity contribution is -0.122. The summed E-state index contributed by atoms with van der Waals surface area (Å²) in [6, 6.07) is 13.1. The lowest BCUT2D eigenvalue weighted by Gasteiger charge is -2.14. The van der Waals surface area contributed by atoms with Crippen molar-refractivity contribution in [3.63, 3.8) is 0 Å². The van der Waals surface area contributed by atoms with E-state index < -0.39 is 0 Å². The summed E-state index contributed by atoms with van der Waals surface area (Å²) in [6.45, 7) is 2.59. The van der Waals surface area contributed by atoms with Crippen molar-refractivity contribution in [2.45, 2.75) is 13.0 Å². The van der Waals surface area contributed by atoms with Gasteiger partial charge in [-0.2, -0.15) is 0 Å². The summed E-state index contributed by atoms with van der Waals surface area (Å²) in [5.41, 5.74) is 4.13. The minimum absolute atomic E-state index is 0.0164. The Morgan fingerprint density at radius 3 is 2.52 bits per heavy atom. The second-order valence-corrected chi connectivity index (χ2v) is 7.70. The van der Waals surface area contributed by atoms with E-state index in [-0.39, 0.29) is 11.9 Å². The molecule has 5 rings (SSSR count). The molecule has 1 aliphatic heterocycles. The number of hydrogen-bond donors (Lipinski definition) is 1. The van der Waals surface area contributed by atoms with E-state index >= 15 is 0 Å². The van der Waals surface area contributed by atoms with Crippen LogP contribution in [0.4, 0.5) is 5.95 Å². The second-order valence-electron chi connectivity index (χ2n) is 7.70. The van der Waals surface area contributed by atoms with Crippen molar-refractivity contribution in [2.75, 3.05) is 18.9 Å². The molecule has 0 saturated heterocycles. The second kappa shape index (κ2) is 8.62. The number of carbonyl (C=O) groups is 1. The summed E-state index contributed by atoms with van der Waals surface area (Å²) in [5.74, 6) is 0.857. The van der Waals surface area contributed by atoms with Crippen LogP contribution in [0.3, 0.4) is 0 Å². The van der Waals surface area contributed by atoms with Crippen molar-refractivity contribution in [1.29, 1.82) is 0 Å². The van der Waals surface area contributed by atoms with Gasteiger partial charge >= 0.3 is 0 Å². The molecule has 164 valence electrons. The maximum Gasteiger partial charge on any atom is 0.257 e. The predicted molar refractivity (Wildman–Crippen MR) is 123 cm³/mol. The summed E-state index contributed by atoms with van der Waals surface area (Å²) >= 11 is 0. The number of likely N-dealkylation sites (N-methyl/N-ethyl adjacent to an activating group) is 1. The molecule has 0 bridgehead atoms. The molecule has 0 fully saturated rings. The van der Waals surface area contributed by atoms with Crippen LogP contribution in [0, 0.1) is 0 Å². The third kappa shape index (κ3) is 4.20. The molecule has 1 aliphatic rings. The Morgan fingerprint density at radius 2 is 1.76 bits per heavy atom. The van der Waals surface area contributed by atoms with Gasteiger partial charge in [0.2, 0.25) is 5.95 Å². The molecular formula is C24H21N7O2. The number of nitrogens with zero attached hydrogens (tertiary/aromatic N) is 6. The van der Waals surface area contributed by atoms with Gasteiger partial charge in [0.15, 0.2) is 5.76 Å². The predicted octanol–water partition coefficient (Wildman–Crippen LogP) is 3.62. The number of hydrogen-bond acceptors (Lipinski definition) is 8. The molecule has 33 heavy (non-hydrogen) atoms. The van der Waals surface area contributed by atoms with E-state index in [4.69, 9.17) is 9.51 Å². The monoisotopic (exact) mass is 439 g/mol. The van der Waals surface area contributed by atoms with E-state index in [1.165, 1.54) is 0 Å². The van der Waals surface area contributed by atoms with Crippen molar-refractivity contribution >= 4 is 17.4 Å². The minimum Gasteiger partial charge on any atom is -0.355 e. The fourth-order valence-corrected chi connectivity index (χ4v) is 3.55. The zero-order valence-electron chi connectivity index (χ0n) is 18.1. The van der Waals surface area contributed by atoms with Gasteiger partial charge in [0.1, 0.15) is 5.69 Å². The molecule has 0 spiro atoms. The van der Waals surface area contributed by atoms with E-state index in [2.05, 4.69) is 25.4 Å². The van der Waals surface area contributed by atoms with Crippen molar-refractivity contribution in [1.82, 2.24) is 30.0 Å². The number of carbonyl (C=O) groups excluding carboxylic acids is 1. The number of aromatic nitrogens is 5. The lowest BCUT2D eigenvalue weighted by Crippen LogP contribution is -2.20. The van der Waals surface area contributed by atoms with Crippen LogP contribution in [-0.2, 0) is 4.79 Å². The lowest BCUT2D eigenvalue weighted by atomic mass is 10.1. The van der Waals surface area contributed by atoms with Gasteiger partial charge in [0.05, 0.1) is 28.7 Å². The van der Waals surface area contributed by atoms with Crippen molar-refractivity contribution in [2.24, 2.45) is 0 Å². The van der Waals surface area contributed by atoms with Gasteiger partial charge in [-0.1, -0.05) is 11.2 Å². The van der Waals surface area contributed by atoms with Gasteiger partial charge in [-0.05, 0) is 48.9 Å². The average molecular weight is 439 g/mol.